The smallest absolute Gasteiger partial charge is 0.0309 e. The highest BCUT2D eigenvalue weighted by molar-refractivity contribution is 4.99. The molecular weight excluding hydrogens is 244 g/mol. The van der Waals surface area contributed by atoms with E-state index >= 15 is 0 Å². The summed E-state index contributed by atoms with van der Waals surface area (Å²) in [4.78, 5) is 2.86. The molecule has 2 heteroatoms. The summed E-state index contributed by atoms with van der Waals surface area (Å²) >= 11 is 0. The number of piperazine rings is 1. The zero-order valence-electron chi connectivity index (χ0n) is 14.1. The third-order valence-electron chi connectivity index (χ3n) is 5.81. The van der Waals surface area contributed by atoms with Crippen LogP contribution in [0.5, 0.6) is 0 Å². The Bertz CT molecular complexity index is 267. The van der Waals surface area contributed by atoms with Gasteiger partial charge in [0.05, 0.1) is 0 Å². The van der Waals surface area contributed by atoms with E-state index in [1.165, 1.54) is 77.4 Å². The summed E-state index contributed by atoms with van der Waals surface area (Å²) in [5, 5.41) is 3.97. The molecular formula is C18H36N2. The number of hydrogen-bond donors (Lipinski definition) is 1. The molecule has 0 aromatic carbocycles. The van der Waals surface area contributed by atoms with E-state index in [2.05, 4.69) is 31.0 Å². The van der Waals surface area contributed by atoms with Gasteiger partial charge >= 0.3 is 0 Å². The van der Waals surface area contributed by atoms with Crippen molar-refractivity contribution in [1.82, 2.24) is 10.2 Å². The monoisotopic (exact) mass is 280 g/mol. The van der Waals surface area contributed by atoms with Gasteiger partial charge in [-0.05, 0) is 25.2 Å². The van der Waals surface area contributed by atoms with Crippen molar-refractivity contribution in [3.63, 3.8) is 0 Å². The lowest BCUT2D eigenvalue weighted by molar-refractivity contribution is 0.0395. The molecule has 2 nitrogen and oxygen atoms in total. The van der Waals surface area contributed by atoms with Crippen LogP contribution < -0.4 is 5.32 Å². The van der Waals surface area contributed by atoms with Gasteiger partial charge in [0.2, 0.25) is 0 Å². The Morgan fingerprint density at radius 3 is 2.40 bits per heavy atom. The van der Waals surface area contributed by atoms with Gasteiger partial charge in [0.15, 0.2) is 0 Å². The molecule has 0 aromatic rings. The molecule has 1 heterocycles. The normalized spacial score (nSPS) is 27.3. The topological polar surface area (TPSA) is 15.3 Å². The summed E-state index contributed by atoms with van der Waals surface area (Å²) in [6, 6.07) is 0.785. The summed E-state index contributed by atoms with van der Waals surface area (Å²) in [5.74, 6) is 0.896. The fraction of sp³-hybridized carbons (Fsp3) is 1.00. The van der Waals surface area contributed by atoms with Gasteiger partial charge in [-0.1, -0.05) is 59.3 Å². The molecule has 2 aliphatic rings. The fourth-order valence-electron chi connectivity index (χ4n) is 4.31. The zero-order chi connectivity index (χ0) is 14.4. The van der Waals surface area contributed by atoms with E-state index in [1.807, 2.05) is 0 Å². The van der Waals surface area contributed by atoms with Gasteiger partial charge in [0, 0.05) is 31.2 Å². The van der Waals surface area contributed by atoms with Crippen LogP contribution in [-0.2, 0) is 0 Å². The lowest BCUT2D eigenvalue weighted by atomic mass is 9.79. The summed E-state index contributed by atoms with van der Waals surface area (Å²) in [7, 11) is 0. The van der Waals surface area contributed by atoms with E-state index in [9.17, 15) is 0 Å². The first kappa shape index (κ1) is 16.3. The molecule has 1 spiro atoms. The number of nitrogens with one attached hydrogen (secondary N) is 1. The second-order valence-corrected chi connectivity index (χ2v) is 7.28. The van der Waals surface area contributed by atoms with Gasteiger partial charge in [-0.15, -0.1) is 0 Å². The first-order valence-corrected chi connectivity index (χ1v) is 9.22. The van der Waals surface area contributed by atoms with Crippen LogP contribution in [-0.4, -0.2) is 36.1 Å². The molecule has 2 fully saturated rings. The quantitative estimate of drug-likeness (QED) is 0.784. The third kappa shape index (κ3) is 3.98. The van der Waals surface area contributed by atoms with Gasteiger partial charge in [-0.3, -0.25) is 4.90 Å². The van der Waals surface area contributed by atoms with Crippen molar-refractivity contribution in [2.45, 2.75) is 90.1 Å². The van der Waals surface area contributed by atoms with Crippen LogP contribution in [0.1, 0.15) is 78.6 Å². The van der Waals surface area contributed by atoms with Crippen molar-refractivity contribution in [2.75, 3.05) is 19.6 Å². The molecule has 1 unspecified atom stereocenters. The Labute approximate surface area is 126 Å². The standard InChI is InChI=1S/C18H36N2/c1-4-10-17-13-19-18(11-8-7-9-12-18)15-20(17)14-16(5-2)6-3/h16-17,19H,4-15H2,1-3H3. The van der Waals surface area contributed by atoms with Gasteiger partial charge in [-0.2, -0.15) is 0 Å². The van der Waals surface area contributed by atoms with Crippen molar-refractivity contribution in [1.29, 1.82) is 0 Å². The van der Waals surface area contributed by atoms with Gasteiger partial charge < -0.3 is 5.32 Å². The highest BCUT2D eigenvalue weighted by Gasteiger charge is 2.39. The SMILES string of the molecule is CCCC1CNC2(CCCCC2)CN1CC(CC)CC. The van der Waals surface area contributed by atoms with Crippen LogP contribution >= 0.6 is 0 Å². The van der Waals surface area contributed by atoms with Gasteiger partial charge in [-0.25, -0.2) is 0 Å². The summed E-state index contributed by atoms with van der Waals surface area (Å²) in [6.07, 6.45) is 12.5. The Morgan fingerprint density at radius 1 is 1.10 bits per heavy atom. The largest absolute Gasteiger partial charge is 0.308 e. The highest BCUT2D eigenvalue weighted by Crippen LogP contribution is 2.33. The fourth-order valence-corrected chi connectivity index (χ4v) is 4.31. The minimum Gasteiger partial charge on any atom is -0.308 e. The summed E-state index contributed by atoms with van der Waals surface area (Å²) in [6.45, 7) is 10.9. The Balaban J connectivity index is 2.00. The number of rotatable bonds is 6. The summed E-state index contributed by atoms with van der Waals surface area (Å²) in [5.41, 5.74) is 0.467. The lowest BCUT2D eigenvalue weighted by Crippen LogP contribution is -2.65. The van der Waals surface area contributed by atoms with E-state index in [1.54, 1.807) is 0 Å². The highest BCUT2D eigenvalue weighted by atomic mass is 15.3. The molecule has 0 bridgehead atoms. The van der Waals surface area contributed by atoms with Crippen LogP contribution in [0.3, 0.4) is 0 Å². The van der Waals surface area contributed by atoms with Crippen molar-refractivity contribution in [3.05, 3.63) is 0 Å². The Kier molecular flexibility index (Phi) is 6.35. The average Bonchev–Trinajstić information content (AvgIpc) is 2.48. The van der Waals surface area contributed by atoms with Crippen molar-refractivity contribution in [3.8, 4) is 0 Å². The predicted octanol–water partition coefficient (Wildman–Crippen LogP) is 4.20. The maximum atomic E-state index is 3.97. The van der Waals surface area contributed by atoms with E-state index in [4.69, 9.17) is 0 Å². The zero-order valence-corrected chi connectivity index (χ0v) is 14.1. The van der Waals surface area contributed by atoms with Crippen LogP contribution in [0.25, 0.3) is 0 Å². The predicted molar refractivity (Wildman–Crippen MR) is 88.2 cm³/mol. The van der Waals surface area contributed by atoms with Crippen LogP contribution in [0.15, 0.2) is 0 Å². The molecule has 1 saturated heterocycles. The number of hydrogen-bond acceptors (Lipinski definition) is 2. The van der Waals surface area contributed by atoms with E-state index in [-0.39, 0.29) is 0 Å². The molecule has 1 aliphatic heterocycles. The molecule has 2 rings (SSSR count). The molecule has 1 N–H and O–H groups in total. The van der Waals surface area contributed by atoms with Crippen molar-refractivity contribution >= 4 is 0 Å². The van der Waals surface area contributed by atoms with Crippen LogP contribution in [0.2, 0.25) is 0 Å². The van der Waals surface area contributed by atoms with Crippen LogP contribution in [0, 0.1) is 5.92 Å². The molecule has 0 amide bonds. The molecule has 1 aliphatic carbocycles. The molecule has 0 radical (unpaired) electrons. The average molecular weight is 280 g/mol. The molecule has 20 heavy (non-hydrogen) atoms. The van der Waals surface area contributed by atoms with E-state index in [0.29, 0.717) is 5.54 Å². The molecule has 118 valence electrons. The maximum Gasteiger partial charge on any atom is 0.0309 e. The minimum absolute atomic E-state index is 0.467. The third-order valence-corrected chi connectivity index (χ3v) is 5.81. The number of nitrogens with zero attached hydrogens (tertiary/aromatic N) is 1. The molecule has 1 atom stereocenters. The lowest BCUT2D eigenvalue weighted by Gasteiger charge is -2.50. The maximum absolute atomic E-state index is 3.97. The Hall–Kier alpha value is -0.0800. The first-order chi connectivity index (χ1) is 9.73. The minimum atomic E-state index is 0.467. The second kappa shape index (κ2) is 7.79. The van der Waals surface area contributed by atoms with Gasteiger partial charge in [0.25, 0.3) is 0 Å². The van der Waals surface area contributed by atoms with E-state index in [0.717, 1.165) is 12.0 Å². The van der Waals surface area contributed by atoms with Crippen LogP contribution in [0.4, 0.5) is 0 Å². The van der Waals surface area contributed by atoms with Crippen molar-refractivity contribution < 1.29 is 0 Å². The Morgan fingerprint density at radius 2 is 1.80 bits per heavy atom. The summed E-state index contributed by atoms with van der Waals surface area (Å²) < 4.78 is 0. The van der Waals surface area contributed by atoms with Crippen molar-refractivity contribution in [2.24, 2.45) is 5.92 Å². The molecule has 0 aromatic heterocycles. The first-order valence-electron chi connectivity index (χ1n) is 9.22. The second-order valence-electron chi connectivity index (χ2n) is 7.28. The molecule has 1 saturated carbocycles. The van der Waals surface area contributed by atoms with Gasteiger partial charge in [0.1, 0.15) is 0 Å². The van der Waals surface area contributed by atoms with E-state index < -0.39 is 0 Å².